The molecule has 1 atom stereocenters. The molecule has 1 aromatic carbocycles. The molecule has 2 N–H and O–H groups in total. The summed E-state index contributed by atoms with van der Waals surface area (Å²) in [5.74, 6) is -1.31. The molecule has 2 rings (SSSR count). The van der Waals surface area contributed by atoms with Gasteiger partial charge in [-0.25, -0.2) is 0 Å². The summed E-state index contributed by atoms with van der Waals surface area (Å²) in [5, 5.41) is 12.3. The van der Waals surface area contributed by atoms with E-state index in [2.05, 4.69) is 5.32 Å². The highest BCUT2D eigenvalue weighted by Gasteiger charge is 2.34. The van der Waals surface area contributed by atoms with E-state index in [0.717, 1.165) is 11.3 Å². The number of hydrogen-bond acceptors (Lipinski definition) is 3. The molecule has 1 amide bonds. The number of anilines is 1. The molecule has 0 spiro atoms. The van der Waals surface area contributed by atoms with Crippen LogP contribution in [0.15, 0.2) is 24.3 Å². The zero-order chi connectivity index (χ0) is 15.6. The Hall–Kier alpha value is -2.04. The molecule has 1 aliphatic rings. The molecular weight excluding hydrogens is 268 g/mol. The van der Waals surface area contributed by atoms with Crippen LogP contribution in [-0.4, -0.2) is 40.5 Å². The van der Waals surface area contributed by atoms with Gasteiger partial charge < -0.3 is 15.3 Å². The van der Waals surface area contributed by atoms with Crippen LogP contribution in [0.25, 0.3) is 0 Å². The predicted octanol–water partition coefficient (Wildman–Crippen LogP) is 1.98. The van der Waals surface area contributed by atoms with Crippen molar-refractivity contribution in [3.63, 3.8) is 0 Å². The quantitative estimate of drug-likeness (QED) is 0.893. The first-order valence-electron chi connectivity index (χ1n) is 7.14. The molecule has 21 heavy (non-hydrogen) atoms. The van der Waals surface area contributed by atoms with E-state index in [0.29, 0.717) is 13.0 Å². The Kier molecular flexibility index (Phi) is 4.21. The number of nitrogens with zero attached hydrogens (tertiary/aromatic N) is 1. The molecule has 0 fully saturated rings. The second-order valence-corrected chi connectivity index (χ2v) is 6.43. The van der Waals surface area contributed by atoms with Gasteiger partial charge in [0.25, 0.3) is 0 Å². The Bertz CT molecular complexity index is 549. The zero-order valence-electron chi connectivity index (χ0n) is 12.7. The van der Waals surface area contributed by atoms with E-state index in [4.69, 9.17) is 5.11 Å². The fourth-order valence-electron chi connectivity index (χ4n) is 2.62. The van der Waals surface area contributed by atoms with Gasteiger partial charge in [-0.1, -0.05) is 18.2 Å². The van der Waals surface area contributed by atoms with Gasteiger partial charge in [-0.05, 0) is 38.8 Å². The lowest BCUT2D eigenvalue weighted by Crippen LogP contribution is -2.52. The van der Waals surface area contributed by atoms with Crippen LogP contribution in [0.1, 0.15) is 26.3 Å². The number of hydrogen-bond donors (Lipinski definition) is 2. The molecule has 0 bridgehead atoms. The van der Waals surface area contributed by atoms with Crippen LogP contribution in [0.4, 0.5) is 5.69 Å². The molecule has 0 radical (unpaired) electrons. The standard InChI is InChI=1S/C16H22N2O3/c1-16(2,3)18(10-14(19)20)15(21)12-8-11-6-4-5-7-13(11)17-9-12/h4-7,12,17H,8-10H2,1-3H3,(H,19,20). The Morgan fingerprint density at radius 3 is 2.62 bits per heavy atom. The second kappa shape index (κ2) is 5.76. The van der Waals surface area contributed by atoms with Gasteiger partial charge >= 0.3 is 5.97 Å². The van der Waals surface area contributed by atoms with Crippen molar-refractivity contribution in [2.24, 2.45) is 5.92 Å². The third kappa shape index (κ3) is 3.54. The molecule has 1 aliphatic heterocycles. The van der Waals surface area contributed by atoms with Gasteiger partial charge in [0.15, 0.2) is 0 Å². The van der Waals surface area contributed by atoms with Crippen molar-refractivity contribution in [2.45, 2.75) is 32.7 Å². The molecular formula is C16H22N2O3. The summed E-state index contributed by atoms with van der Waals surface area (Å²) in [6.45, 7) is 5.86. The Labute approximate surface area is 125 Å². The number of benzene rings is 1. The molecule has 1 unspecified atom stereocenters. The lowest BCUT2D eigenvalue weighted by Gasteiger charge is -2.38. The van der Waals surface area contributed by atoms with E-state index in [1.807, 2.05) is 45.0 Å². The van der Waals surface area contributed by atoms with E-state index < -0.39 is 11.5 Å². The number of carbonyl (C=O) groups excluding carboxylic acids is 1. The average molecular weight is 290 g/mol. The summed E-state index contributed by atoms with van der Waals surface area (Å²) in [5.41, 5.74) is 1.65. The number of carbonyl (C=O) groups is 2. The van der Waals surface area contributed by atoms with Crippen molar-refractivity contribution >= 4 is 17.6 Å². The Morgan fingerprint density at radius 2 is 2.00 bits per heavy atom. The number of aliphatic carboxylic acids is 1. The fourth-order valence-corrected chi connectivity index (χ4v) is 2.62. The SMILES string of the molecule is CC(C)(C)N(CC(=O)O)C(=O)C1CNc2ccccc2C1. The van der Waals surface area contributed by atoms with Crippen molar-refractivity contribution in [1.82, 2.24) is 4.90 Å². The molecule has 1 aromatic rings. The Morgan fingerprint density at radius 1 is 1.33 bits per heavy atom. The van der Waals surface area contributed by atoms with E-state index in [1.54, 1.807) is 0 Å². The van der Waals surface area contributed by atoms with Gasteiger partial charge in [-0.15, -0.1) is 0 Å². The van der Waals surface area contributed by atoms with Crippen molar-refractivity contribution < 1.29 is 14.7 Å². The van der Waals surface area contributed by atoms with Crippen LogP contribution < -0.4 is 5.32 Å². The van der Waals surface area contributed by atoms with Crippen molar-refractivity contribution in [2.75, 3.05) is 18.4 Å². The third-order valence-corrected chi connectivity index (χ3v) is 3.74. The van der Waals surface area contributed by atoms with Crippen LogP contribution in [0.3, 0.4) is 0 Å². The highest BCUT2D eigenvalue weighted by atomic mass is 16.4. The number of rotatable bonds is 3. The smallest absolute Gasteiger partial charge is 0.323 e. The van der Waals surface area contributed by atoms with E-state index in [9.17, 15) is 9.59 Å². The predicted molar refractivity (Wildman–Crippen MR) is 81.2 cm³/mol. The summed E-state index contributed by atoms with van der Waals surface area (Å²) < 4.78 is 0. The van der Waals surface area contributed by atoms with Crippen molar-refractivity contribution in [1.29, 1.82) is 0 Å². The molecule has 0 aliphatic carbocycles. The number of carboxylic acid groups (broad SMARTS) is 1. The van der Waals surface area contributed by atoms with Crippen LogP contribution in [-0.2, 0) is 16.0 Å². The largest absolute Gasteiger partial charge is 0.480 e. The highest BCUT2D eigenvalue weighted by molar-refractivity contribution is 5.85. The maximum Gasteiger partial charge on any atom is 0.323 e. The monoisotopic (exact) mass is 290 g/mol. The average Bonchev–Trinajstić information content (AvgIpc) is 2.42. The van der Waals surface area contributed by atoms with Crippen molar-refractivity contribution in [3.05, 3.63) is 29.8 Å². The first-order chi connectivity index (χ1) is 9.79. The molecule has 5 heteroatoms. The number of fused-ring (bicyclic) bond motifs is 1. The van der Waals surface area contributed by atoms with E-state index in [1.165, 1.54) is 4.90 Å². The number of nitrogens with one attached hydrogen (secondary N) is 1. The topological polar surface area (TPSA) is 69.6 Å². The summed E-state index contributed by atoms with van der Waals surface area (Å²) in [7, 11) is 0. The lowest BCUT2D eigenvalue weighted by atomic mass is 9.91. The highest BCUT2D eigenvalue weighted by Crippen LogP contribution is 2.27. The van der Waals surface area contributed by atoms with Gasteiger partial charge in [-0.3, -0.25) is 9.59 Å². The Balaban J connectivity index is 2.17. The lowest BCUT2D eigenvalue weighted by molar-refractivity contribution is -0.150. The third-order valence-electron chi connectivity index (χ3n) is 3.74. The van der Waals surface area contributed by atoms with Gasteiger partial charge in [-0.2, -0.15) is 0 Å². The number of amides is 1. The van der Waals surface area contributed by atoms with Crippen LogP contribution in [0.5, 0.6) is 0 Å². The minimum absolute atomic E-state index is 0.105. The molecule has 0 aromatic heterocycles. The van der Waals surface area contributed by atoms with E-state index >= 15 is 0 Å². The minimum Gasteiger partial charge on any atom is -0.480 e. The number of carboxylic acids is 1. The maximum atomic E-state index is 12.7. The summed E-state index contributed by atoms with van der Waals surface area (Å²) in [6.07, 6.45) is 0.647. The molecule has 0 saturated carbocycles. The van der Waals surface area contributed by atoms with Crippen LogP contribution >= 0.6 is 0 Å². The first-order valence-corrected chi connectivity index (χ1v) is 7.14. The zero-order valence-corrected chi connectivity index (χ0v) is 12.7. The van der Waals surface area contributed by atoms with Crippen LogP contribution in [0, 0.1) is 5.92 Å². The summed E-state index contributed by atoms with van der Waals surface area (Å²) in [4.78, 5) is 25.2. The molecule has 1 heterocycles. The molecule has 114 valence electrons. The minimum atomic E-state index is -0.984. The summed E-state index contributed by atoms with van der Waals surface area (Å²) in [6, 6.07) is 7.90. The van der Waals surface area contributed by atoms with Gasteiger partial charge in [0.1, 0.15) is 6.54 Å². The number of para-hydroxylation sites is 1. The molecule has 5 nitrogen and oxygen atoms in total. The molecule has 0 saturated heterocycles. The van der Waals surface area contributed by atoms with Gasteiger partial charge in [0.05, 0.1) is 5.92 Å². The van der Waals surface area contributed by atoms with Crippen LogP contribution in [0.2, 0.25) is 0 Å². The van der Waals surface area contributed by atoms with E-state index in [-0.39, 0.29) is 18.4 Å². The summed E-state index contributed by atoms with van der Waals surface area (Å²) >= 11 is 0. The van der Waals surface area contributed by atoms with Gasteiger partial charge in [0.2, 0.25) is 5.91 Å². The normalized spacial score (nSPS) is 17.6. The fraction of sp³-hybridized carbons (Fsp3) is 0.500. The van der Waals surface area contributed by atoms with Crippen molar-refractivity contribution in [3.8, 4) is 0 Å². The first kappa shape index (κ1) is 15.4. The van der Waals surface area contributed by atoms with Gasteiger partial charge in [0, 0.05) is 17.8 Å². The second-order valence-electron chi connectivity index (χ2n) is 6.43. The maximum absolute atomic E-state index is 12.7.